The third-order valence-corrected chi connectivity index (χ3v) is 13.9. The fraction of sp³-hybridized carbons (Fsp3) is 0. The molecule has 0 aliphatic carbocycles. The zero-order valence-electron chi connectivity index (χ0n) is 39.5. The minimum atomic E-state index is 0.500. The highest BCUT2D eigenvalue weighted by atomic mass is 15.0. The van der Waals surface area contributed by atoms with Crippen molar-refractivity contribution in [1.82, 2.24) is 24.1 Å². The molecule has 0 atom stereocenters. The summed E-state index contributed by atoms with van der Waals surface area (Å²) in [6.45, 7) is 7.88. The van der Waals surface area contributed by atoms with Crippen molar-refractivity contribution in [2.24, 2.45) is 0 Å². The van der Waals surface area contributed by atoms with Crippen molar-refractivity contribution in [3.8, 4) is 91.1 Å². The lowest BCUT2D eigenvalue weighted by molar-refractivity contribution is 1.07. The summed E-state index contributed by atoms with van der Waals surface area (Å²) in [6.07, 6.45) is 0. The van der Waals surface area contributed by atoms with Crippen molar-refractivity contribution in [2.45, 2.75) is 0 Å². The van der Waals surface area contributed by atoms with Gasteiger partial charge < -0.3 is 9.13 Å². The van der Waals surface area contributed by atoms with Gasteiger partial charge in [0.15, 0.2) is 23.2 Å². The molecule has 3 heterocycles. The normalized spacial score (nSPS) is 11.2. The molecule has 0 N–H and O–H groups in total. The van der Waals surface area contributed by atoms with Gasteiger partial charge in [0.2, 0.25) is 0 Å². The Morgan fingerprint density at radius 2 is 0.838 bits per heavy atom. The third-order valence-electron chi connectivity index (χ3n) is 13.9. The van der Waals surface area contributed by atoms with Crippen LogP contribution in [0.15, 0.2) is 231 Å². The van der Waals surface area contributed by atoms with Gasteiger partial charge in [-0.1, -0.05) is 176 Å². The standard InChI is InChI=1S/C66H38N8/c1-69-57-27-13-10-23-49(57)45-33-36-61-55(38-45)51-24-11-14-28-58(51)73(61)60-30-16-26-50(56(60)41-68)53-34-31-46(66-71-64(42-17-4-2-5-18-42)70-65(72-66)43-19-6-3-7-20-43)39-63(53)74-59-29-15-12-25-52(59)54-37-44(32-35-62(54)74)48-22-9-8-21-47(48)40-67/h2-39H. The largest absolute Gasteiger partial charge is 0.309 e. The highest BCUT2D eigenvalue weighted by molar-refractivity contribution is 6.13. The first kappa shape index (κ1) is 43.3. The average molecular weight is 943 g/mol. The minimum absolute atomic E-state index is 0.500. The van der Waals surface area contributed by atoms with E-state index in [9.17, 15) is 10.5 Å². The highest BCUT2D eigenvalue weighted by Crippen LogP contribution is 2.43. The Bertz CT molecular complexity index is 4470. The van der Waals surface area contributed by atoms with Crippen molar-refractivity contribution in [3.05, 3.63) is 253 Å². The first-order valence-electron chi connectivity index (χ1n) is 24.2. The van der Waals surface area contributed by atoms with E-state index in [0.29, 0.717) is 34.3 Å². The number of nitrogens with zero attached hydrogens (tertiary/aromatic N) is 8. The van der Waals surface area contributed by atoms with Crippen LogP contribution >= 0.6 is 0 Å². The molecular weight excluding hydrogens is 905 g/mol. The van der Waals surface area contributed by atoms with E-state index in [2.05, 4.69) is 105 Å². The van der Waals surface area contributed by atoms with Crippen LogP contribution < -0.4 is 0 Å². The molecule has 0 unspecified atom stereocenters. The molecule has 0 spiro atoms. The molecule has 74 heavy (non-hydrogen) atoms. The van der Waals surface area contributed by atoms with E-state index in [1.807, 2.05) is 152 Å². The van der Waals surface area contributed by atoms with Gasteiger partial charge in [-0.2, -0.15) is 10.5 Å². The maximum absolute atomic E-state index is 11.6. The van der Waals surface area contributed by atoms with E-state index >= 15 is 0 Å². The zero-order chi connectivity index (χ0) is 49.7. The van der Waals surface area contributed by atoms with Gasteiger partial charge >= 0.3 is 0 Å². The lowest BCUT2D eigenvalue weighted by Crippen LogP contribution is -2.04. The van der Waals surface area contributed by atoms with Crippen LogP contribution in [0.3, 0.4) is 0 Å². The van der Waals surface area contributed by atoms with E-state index in [-0.39, 0.29) is 0 Å². The quantitative estimate of drug-likeness (QED) is 0.141. The second kappa shape index (κ2) is 17.9. The van der Waals surface area contributed by atoms with Gasteiger partial charge in [0.1, 0.15) is 6.07 Å². The van der Waals surface area contributed by atoms with Crippen LogP contribution in [0.25, 0.3) is 127 Å². The second-order valence-electron chi connectivity index (χ2n) is 18.0. The van der Waals surface area contributed by atoms with E-state index in [0.717, 1.165) is 105 Å². The number of hydrogen-bond donors (Lipinski definition) is 0. The predicted octanol–water partition coefficient (Wildman–Crippen LogP) is 16.4. The first-order chi connectivity index (χ1) is 36.6. The van der Waals surface area contributed by atoms with Crippen LogP contribution in [0.5, 0.6) is 0 Å². The van der Waals surface area contributed by atoms with Crippen molar-refractivity contribution in [1.29, 1.82) is 10.5 Å². The lowest BCUT2D eigenvalue weighted by atomic mass is 9.95. The molecule has 0 saturated heterocycles. The van der Waals surface area contributed by atoms with Crippen molar-refractivity contribution in [3.63, 3.8) is 0 Å². The second-order valence-corrected chi connectivity index (χ2v) is 18.0. The number of nitriles is 2. The Morgan fingerprint density at radius 1 is 0.351 bits per heavy atom. The van der Waals surface area contributed by atoms with Gasteiger partial charge in [0.25, 0.3) is 0 Å². The maximum atomic E-state index is 11.6. The Morgan fingerprint density at radius 3 is 1.45 bits per heavy atom. The van der Waals surface area contributed by atoms with Crippen molar-refractivity contribution in [2.75, 3.05) is 0 Å². The first-order valence-corrected chi connectivity index (χ1v) is 24.2. The molecule has 0 aliphatic heterocycles. The number of hydrogen-bond acceptors (Lipinski definition) is 5. The van der Waals surface area contributed by atoms with E-state index in [1.165, 1.54) is 0 Å². The molecule has 342 valence electrons. The van der Waals surface area contributed by atoms with E-state index in [1.54, 1.807) is 0 Å². The van der Waals surface area contributed by atoms with Crippen molar-refractivity contribution >= 4 is 49.3 Å². The molecule has 8 nitrogen and oxygen atoms in total. The molecule has 0 aliphatic rings. The van der Waals surface area contributed by atoms with Crippen LogP contribution in [-0.4, -0.2) is 24.1 Å². The summed E-state index contributed by atoms with van der Waals surface area (Å²) in [4.78, 5) is 19.1. The Balaban J connectivity index is 1.07. The topological polar surface area (TPSA) is 100 Å². The minimum Gasteiger partial charge on any atom is -0.309 e. The Hall–Kier alpha value is -10.7. The number of para-hydroxylation sites is 3. The molecule has 0 bridgehead atoms. The van der Waals surface area contributed by atoms with Crippen LogP contribution in [0.2, 0.25) is 0 Å². The van der Waals surface area contributed by atoms with Crippen LogP contribution in [0, 0.1) is 29.2 Å². The SMILES string of the molecule is [C-]#[N+]c1ccccc1-c1ccc2c(c1)c1ccccc1n2-c1cccc(-c2ccc(-c3nc(-c4ccccc4)nc(-c4ccccc4)n3)cc2-n2c3ccccc3c3cc(-c4ccccc4C#N)ccc32)c1C#N. The molecule has 13 aromatic rings. The number of fused-ring (bicyclic) bond motifs is 6. The summed E-state index contributed by atoms with van der Waals surface area (Å²) in [7, 11) is 0. The van der Waals surface area contributed by atoms with Gasteiger partial charge in [0.05, 0.1) is 57.2 Å². The van der Waals surface area contributed by atoms with E-state index in [4.69, 9.17) is 21.5 Å². The van der Waals surface area contributed by atoms with Crippen LogP contribution in [-0.2, 0) is 0 Å². The number of aromatic nitrogens is 5. The summed E-state index contributed by atoms with van der Waals surface area (Å²) in [5.74, 6) is 1.60. The molecule has 3 aromatic heterocycles. The summed E-state index contributed by atoms with van der Waals surface area (Å²) in [5.41, 5.74) is 14.7. The maximum Gasteiger partial charge on any atom is 0.194 e. The third kappa shape index (κ3) is 7.17. The summed E-state index contributed by atoms with van der Waals surface area (Å²) < 4.78 is 4.46. The summed E-state index contributed by atoms with van der Waals surface area (Å²) in [5, 5.41) is 25.8. The predicted molar refractivity (Wildman–Crippen MR) is 297 cm³/mol. The number of benzene rings is 10. The molecular formula is C66H38N8. The fourth-order valence-corrected chi connectivity index (χ4v) is 10.5. The van der Waals surface area contributed by atoms with Gasteiger partial charge in [-0.15, -0.1) is 0 Å². The summed E-state index contributed by atoms with van der Waals surface area (Å²) >= 11 is 0. The van der Waals surface area contributed by atoms with E-state index < -0.39 is 0 Å². The van der Waals surface area contributed by atoms with Gasteiger partial charge in [-0.05, 0) is 76.9 Å². The van der Waals surface area contributed by atoms with Crippen molar-refractivity contribution < 1.29 is 0 Å². The lowest BCUT2D eigenvalue weighted by Gasteiger charge is -2.19. The molecule has 0 saturated carbocycles. The summed E-state index contributed by atoms with van der Waals surface area (Å²) in [6, 6.07) is 82.0. The van der Waals surface area contributed by atoms with Gasteiger partial charge in [-0.25, -0.2) is 19.8 Å². The highest BCUT2D eigenvalue weighted by Gasteiger charge is 2.24. The molecule has 0 radical (unpaired) electrons. The number of rotatable bonds is 8. The van der Waals surface area contributed by atoms with Gasteiger partial charge in [0, 0.05) is 49.4 Å². The van der Waals surface area contributed by atoms with Crippen LogP contribution in [0.4, 0.5) is 5.69 Å². The average Bonchev–Trinajstić information content (AvgIpc) is 3.99. The fourth-order valence-electron chi connectivity index (χ4n) is 10.5. The molecule has 8 heteroatoms. The zero-order valence-corrected chi connectivity index (χ0v) is 39.5. The molecule has 10 aromatic carbocycles. The molecule has 0 fully saturated rings. The molecule has 13 rings (SSSR count). The van der Waals surface area contributed by atoms with Gasteiger partial charge in [-0.3, -0.25) is 0 Å². The van der Waals surface area contributed by atoms with Crippen LogP contribution in [0.1, 0.15) is 11.1 Å². The Kier molecular flexibility index (Phi) is 10.5. The monoisotopic (exact) mass is 942 g/mol. The molecule has 0 amide bonds. The smallest absolute Gasteiger partial charge is 0.194 e. The Labute approximate surface area is 426 Å².